The number of carboxylic acid groups (broad SMARTS) is 2. The molecule has 53 heavy (non-hydrogen) atoms. The van der Waals surface area contributed by atoms with E-state index in [1.54, 1.807) is 38.1 Å². The van der Waals surface area contributed by atoms with Crippen molar-refractivity contribution in [2.45, 2.75) is 90.6 Å². The van der Waals surface area contributed by atoms with E-state index in [4.69, 9.17) is 9.15 Å². The van der Waals surface area contributed by atoms with Gasteiger partial charge in [-0.1, -0.05) is 70.2 Å². The Labute approximate surface area is 306 Å². The van der Waals surface area contributed by atoms with Crippen molar-refractivity contribution in [2.24, 2.45) is 11.8 Å². The van der Waals surface area contributed by atoms with E-state index < -0.39 is 59.6 Å². The topological polar surface area (TPSA) is 182 Å². The molecule has 0 radical (unpaired) electrons. The largest absolute Gasteiger partial charge is 0.480 e. The van der Waals surface area contributed by atoms with Gasteiger partial charge in [-0.3, -0.25) is 29.4 Å². The minimum Gasteiger partial charge on any atom is -0.480 e. The van der Waals surface area contributed by atoms with Crippen molar-refractivity contribution in [2.75, 3.05) is 0 Å². The Morgan fingerprint density at radius 3 is 1.96 bits per heavy atom. The number of hydrogen-bond donors (Lipinski definition) is 4. The highest BCUT2D eigenvalue weighted by Crippen LogP contribution is 2.23. The standard InChI is InChI=1S/C39H47FN4O9/c1-24(2)19-31(41-30(35(45)46)22-29-13-14-34(52-29)27-10-6-5-7-11-27)37(49)53-38(50)32(20-25(3)4)42-33(36(47)48)23-44-18-17-43(39(44)51)16-15-26-9-8-12-28(40)21-26/h5-14,17-18,21,24-25,30-33,41-42H,15-16,19-20,22-23H2,1-4H3,(H,45,46)(H,47,48). The summed E-state index contributed by atoms with van der Waals surface area (Å²) in [6.07, 6.45) is 3.44. The van der Waals surface area contributed by atoms with Crippen molar-refractivity contribution in [1.29, 1.82) is 0 Å². The summed E-state index contributed by atoms with van der Waals surface area (Å²) < 4.78 is 27.3. The molecule has 2 heterocycles. The minimum absolute atomic E-state index is 0.0955. The summed E-state index contributed by atoms with van der Waals surface area (Å²) in [7, 11) is 0. The second kappa shape index (κ2) is 18.9. The fraction of sp³-hybridized carbons (Fsp3) is 0.410. The normalized spacial score (nSPS) is 13.8. The number of furan rings is 1. The number of benzene rings is 2. The SMILES string of the molecule is CC(C)CC(NC(Cc1ccc(-c2ccccc2)o1)C(=O)O)C(=O)OC(=O)C(CC(C)C)NC(Cn1ccn(CCc2cccc(F)c2)c1=O)C(=O)O. The number of nitrogens with zero attached hydrogens (tertiary/aromatic N) is 2. The van der Waals surface area contributed by atoms with E-state index in [9.17, 15) is 38.6 Å². The van der Waals surface area contributed by atoms with Gasteiger partial charge in [0.1, 0.15) is 41.5 Å². The number of aromatic nitrogens is 2. The molecule has 4 rings (SSSR count). The number of aryl methyl sites for hydroxylation is 2. The van der Waals surface area contributed by atoms with Gasteiger partial charge < -0.3 is 19.4 Å². The molecule has 4 N–H and O–H groups in total. The Kier molecular flexibility index (Phi) is 14.5. The number of halogens is 1. The molecule has 4 aromatic rings. The summed E-state index contributed by atoms with van der Waals surface area (Å²) in [6.45, 7) is 7.16. The number of nitrogens with one attached hydrogen (secondary N) is 2. The maximum Gasteiger partial charge on any atom is 0.330 e. The zero-order valence-electron chi connectivity index (χ0n) is 30.2. The average Bonchev–Trinajstić information content (AvgIpc) is 3.71. The number of ether oxygens (including phenoxy) is 1. The van der Waals surface area contributed by atoms with Crippen LogP contribution in [0.15, 0.2) is 88.3 Å². The van der Waals surface area contributed by atoms with Gasteiger partial charge in [-0.25, -0.2) is 18.8 Å². The lowest BCUT2D eigenvalue weighted by atomic mass is 10.0. The summed E-state index contributed by atoms with van der Waals surface area (Å²) in [5.74, 6) is -4.31. The van der Waals surface area contributed by atoms with Crippen LogP contribution in [0.1, 0.15) is 51.9 Å². The number of imidazole rings is 1. The maximum absolute atomic E-state index is 13.6. The average molecular weight is 735 g/mol. The zero-order chi connectivity index (χ0) is 38.7. The Balaban J connectivity index is 1.44. The van der Waals surface area contributed by atoms with Crippen LogP contribution < -0.4 is 16.3 Å². The molecular weight excluding hydrogens is 687 g/mol. The molecule has 284 valence electrons. The van der Waals surface area contributed by atoms with Gasteiger partial charge in [-0.05, 0) is 60.9 Å². The molecule has 0 aliphatic heterocycles. The molecule has 0 aliphatic rings. The Morgan fingerprint density at radius 2 is 1.38 bits per heavy atom. The first-order valence-electron chi connectivity index (χ1n) is 17.6. The van der Waals surface area contributed by atoms with Crippen molar-refractivity contribution < 1.29 is 42.9 Å². The van der Waals surface area contributed by atoms with Crippen LogP contribution in [-0.4, -0.2) is 67.4 Å². The van der Waals surface area contributed by atoms with E-state index in [2.05, 4.69) is 10.6 Å². The number of carboxylic acids is 2. The van der Waals surface area contributed by atoms with Crippen LogP contribution >= 0.6 is 0 Å². The highest BCUT2D eigenvalue weighted by molar-refractivity contribution is 5.91. The van der Waals surface area contributed by atoms with Gasteiger partial charge in [0.05, 0.1) is 6.54 Å². The quantitative estimate of drug-likeness (QED) is 0.0740. The van der Waals surface area contributed by atoms with Gasteiger partial charge >= 0.3 is 29.6 Å². The summed E-state index contributed by atoms with van der Waals surface area (Å²) in [6, 6.07) is 13.6. The third-order valence-electron chi connectivity index (χ3n) is 8.54. The molecule has 2 aromatic carbocycles. The monoisotopic (exact) mass is 734 g/mol. The van der Waals surface area contributed by atoms with E-state index >= 15 is 0 Å². The van der Waals surface area contributed by atoms with Gasteiger partial charge in [-0.15, -0.1) is 0 Å². The molecule has 4 atom stereocenters. The number of hydrogen-bond acceptors (Lipinski definition) is 9. The van der Waals surface area contributed by atoms with Crippen LogP contribution in [0.2, 0.25) is 0 Å². The first kappa shape index (κ1) is 40.4. The highest BCUT2D eigenvalue weighted by atomic mass is 19.1. The van der Waals surface area contributed by atoms with Crippen LogP contribution in [0, 0.1) is 17.7 Å². The first-order valence-corrected chi connectivity index (χ1v) is 17.6. The zero-order valence-corrected chi connectivity index (χ0v) is 30.2. The van der Waals surface area contributed by atoms with Gasteiger partial charge in [0.25, 0.3) is 0 Å². The summed E-state index contributed by atoms with van der Waals surface area (Å²) >= 11 is 0. The lowest BCUT2D eigenvalue weighted by molar-refractivity contribution is -0.163. The maximum atomic E-state index is 13.6. The van der Waals surface area contributed by atoms with Crippen LogP contribution in [0.5, 0.6) is 0 Å². The minimum atomic E-state index is -1.42. The molecular formula is C39H47FN4O9. The predicted molar refractivity (Wildman–Crippen MR) is 193 cm³/mol. The molecule has 4 unspecified atom stereocenters. The fourth-order valence-corrected chi connectivity index (χ4v) is 5.90. The number of esters is 2. The molecule has 0 spiro atoms. The lowest BCUT2D eigenvalue weighted by Gasteiger charge is -2.26. The van der Waals surface area contributed by atoms with Crippen molar-refractivity contribution in [3.63, 3.8) is 0 Å². The molecule has 0 saturated heterocycles. The van der Waals surface area contributed by atoms with Gasteiger partial charge in [0.2, 0.25) is 0 Å². The third kappa shape index (κ3) is 12.1. The molecule has 13 nitrogen and oxygen atoms in total. The fourth-order valence-electron chi connectivity index (χ4n) is 5.90. The summed E-state index contributed by atoms with van der Waals surface area (Å²) in [5, 5.41) is 25.7. The van der Waals surface area contributed by atoms with Crippen molar-refractivity contribution >= 4 is 23.9 Å². The second-order valence-electron chi connectivity index (χ2n) is 13.9. The molecule has 0 saturated carbocycles. The smallest absolute Gasteiger partial charge is 0.330 e. The summed E-state index contributed by atoms with van der Waals surface area (Å²) in [4.78, 5) is 64.7. The Morgan fingerprint density at radius 1 is 0.774 bits per heavy atom. The van der Waals surface area contributed by atoms with Crippen molar-refractivity contribution in [3.05, 3.63) is 107 Å². The van der Waals surface area contributed by atoms with Gasteiger partial charge in [0.15, 0.2) is 0 Å². The molecule has 0 aliphatic carbocycles. The van der Waals surface area contributed by atoms with E-state index in [0.717, 1.165) is 5.56 Å². The van der Waals surface area contributed by atoms with Crippen LogP contribution in [-0.2, 0) is 49.8 Å². The third-order valence-corrected chi connectivity index (χ3v) is 8.54. The molecule has 14 heteroatoms. The lowest BCUT2D eigenvalue weighted by Crippen LogP contribution is -2.53. The van der Waals surface area contributed by atoms with E-state index in [-0.39, 0.29) is 44.2 Å². The number of aliphatic carboxylic acids is 2. The van der Waals surface area contributed by atoms with E-state index in [1.165, 1.54) is 33.7 Å². The molecule has 0 fully saturated rings. The van der Waals surface area contributed by atoms with Crippen molar-refractivity contribution in [3.8, 4) is 11.3 Å². The second-order valence-corrected chi connectivity index (χ2v) is 13.9. The van der Waals surface area contributed by atoms with Crippen molar-refractivity contribution in [1.82, 2.24) is 19.8 Å². The summed E-state index contributed by atoms with van der Waals surface area (Å²) in [5.41, 5.74) is 1.02. The number of rotatable bonds is 20. The van der Waals surface area contributed by atoms with Crippen LogP contribution in [0.4, 0.5) is 4.39 Å². The van der Waals surface area contributed by atoms with E-state index in [1.807, 2.05) is 44.2 Å². The van der Waals surface area contributed by atoms with Crippen LogP contribution in [0.3, 0.4) is 0 Å². The first-order chi connectivity index (χ1) is 25.2. The molecule has 0 amide bonds. The number of carbonyl (C=O) groups excluding carboxylic acids is 2. The van der Waals surface area contributed by atoms with Gasteiger partial charge in [0, 0.05) is 30.9 Å². The number of carbonyl (C=O) groups is 4. The predicted octanol–water partition coefficient (Wildman–Crippen LogP) is 4.52. The van der Waals surface area contributed by atoms with E-state index in [0.29, 0.717) is 23.5 Å². The van der Waals surface area contributed by atoms with Gasteiger partial charge in [-0.2, -0.15) is 0 Å². The Hall–Kier alpha value is -5.34. The molecule has 2 aromatic heterocycles. The highest BCUT2D eigenvalue weighted by Gasteiger charge is 2.34. The Bertz CT molecular complexity index is 1900. The van der Waals surface area contributed by atoms with Crippen LogP contribution in [0.25, 0.3) is 11.3 Å². The molecule has 0 bridgehead atoms.